The first kappa shape index (κ1) is 12.3. The SMILES string of the molecule is Cc1cc([N+](=O)[O-])cnc1NC(CO)CO. The zero-order chi connectivity index (χ0) is 12.1. The first-order valence-corrected chi connectivity index (χ1v) is 4.67. The maximum Gasteiger partial charge on any atom is 0.287 e. The Labute approximate surface area is 91.9 Å². The van der Waals surface area contributed by atoms with E-state index in [4.69, 9.17) is 10.2 Å². The van der Waals surface area contributed by atoms with Crippen molar-refractivity contribution < 1.29 is 15.1 Å². The molecule has 0 aliphatic rings. The van der Waals surface area contributed by atoms with Crippen LogP contribution in [0.3, 0.4) is 0 Å². The Kier molecular flexibility index (Phi) is 4.15. The van der Waals surface area contributed by atoms with Crippen molar-refractivity contribution in [3.8, 4) is 0 Å². The quantitative estimate of drug-likeness (QED) is 0.485. The van der Waals surface area contributed by atoms with Gasteiger partial charge in [0.2, 0.25) is 0 Å². The van der Waals surface area contributed by atoms with Gasteiger partial charge in [-0.2, -0.15) is 0 Å². The van der Waals surface area contributed by atoms with Gasteiger partial charge in [0.05, 0.1) is 24.2 Å². The summed E-state index contributed by atoms with van der Waals surface area (Å²) in [5.74, 6) is 0.415. The van der Waals surface area contributed by atoms with Crippen LogP contribution in [0.25, 0.3) is 0 Å². The highest BCUT2D eigenvalue weighted by atomic mass is 16.6. The molecule has 0 aromatic carbocycles. The molecular weight excluding hydrogens is 214 g/mol. The number of aliphatic hydroxyl groups excluding tert-OH is 2. The van der Waals surface area contributed by atoms with Gasteiger partial charge in [-0.05, 0) is 12.5 Å². The van der Waals surface area contributed by atoms with E-state index >= 15 is 0 Å². The Morgan fingerprint density at radius 3 is 2.62 bits per heavy atom. The Morgan fingerprint density at radius 2 is 2.19 bits per heavy atom. The molecule has 0 amide bonds. The lowest BCUT2D eigenvalue weighted by atomic mass is 10.2. The van der Waals surface area contributed by atoms with Gasteiger partial charge in [0.1, 0.15) is 12.0 Å². The van der Waals surface area contributed by atoms with Crippen LogP contribution in [-0.2, 0) is 0 Å². The summed E-state index contributed by atoms with van der Waals surface area (Å²) < 4.78 is 0. The van der Waals surface area contributed by atoms with Crippen molar-refractivity contribution in [1.82, 2.24) is 4.98 Å². The molecule has 88 valence electrons. The molecule has 0 unspecified atom stereocenters. The molecule has 0 aliphatic carbocycles. The van der Waals surface area contributed by atoms with Gasteiger partial charge in [0, 0.05) is 6.07 Å². The third-order valence-corrected chi connectivity index (χ3v) is 2.06. The van der Waals surface area contributed by atoms with Crippen molar-refractivity contribution in [2.75, 3.05) is 18.5 Å². The summed E-state index contributed by atoms with van der Waals surface area (Å²) in [6.45, 7) is 1.18. The molecule has 1 heterocycles. The normalized spacial score (nSPS) is 10.5. The number of anilines is 1. The summed E-state index contributed by atoms with van der Waals surface area (Å²) >= 11 is 0. The van der Waals surface area contributed by atoms with Crippen LogP contribution in [0.5, 0.6) is 0 Å². The van der Waals surface area contributed by atoms with E-state index in [9.17, 15) is 10.1 Å². The molecule has 0 saturated heterocycles. The Balaban J connectivity index is 2.86. The van der Waals surface area contributed by atoms with E-state index in [1.807, 2.05) is 0 Å². The van der Waals surface area contributed by atoms with Crippen molar-refractivity contribution in [2.45, 2.75) is 13.0 Å². The number of aromatic nitrogens is 1. The summed E-state index contributed by atoms with van der Waals surface area (Å²) in [6, 6.07) is 0.855. The van der Waals surface area contributed by atoms with E-state index in [1.165, 1.54) is 6.07 Å². The number of pyridine rings is 1. The number of nitrogens with zero attached hydrogens (tertiary/aromatic N) is 2. The third-order valence-electron chi connectivity index (χ3n) is 2.06. The lowest BCUT2D eigenvalue weighted by Crippen LogP contribution is -2.28. The van der Waals surface area contributed by atoms with Crippen molar-refractivity contribution in [3.05, 3.63) is 27.9 Å². The molecule has 7 nitrogen and oxygen atoms in total. The van der Waals surface area contributed by atoms with E-state index in [2.05, 4.69) is 10.3 Å². The van der Waals surface area contributed by atoms with E-state index in [1.54, 1.807) is 6.92 Å². The smallest absolute Gasteiger partial charge is 0.287 e. The average molecular weight is 227 g/mol. The molecule has 1 rings (SSSR count). The number of aliphatic hydroxyl groups is 2. The number of nitrogens with one attached hydrogen (secondary N) is 1. The molecule has 0 saturated carbocycles. The molecular formula is C9H13N3O4. The summed E-state index contributed by atoms with van der Waals surface area (Å²) in [5.41, 5.74) is 0.494. The number of hydrogen-bond donors (Lipinski definition) is 3. The zero-order valence-corrected chi connectivity index (χ0v) is 8.75. The fourth-order valence-electron chi connectivity index (χ4n) is 1.15. The Morgan fingerprint density at radius 1 is 1.56 bits per heavy atom. The fraction of sp³-hybridized carbons (Fsp3) is 0.444. The highest BCUT2D eigenvalue weighted by Gasteiger charge is 2.12. The molecule has 0 radical (unpaired) electrons. The molecule has 0 atom stereocenters. The minimum Gasteiger partial charge on any atom is -0.394 e. The lowest BCUT2D eigenvalue weighted by molar-refractivity contribution is -0.385. The van der Waals surface area contributed by atoms with Gasteiger partial charge < -0.3 is 15.5 Å². The number of aryl methyl sites for hydroxylation is 1. The molecule has 16 heavy (non-hydrogen) atoms. The summed E-state index contributed by atoms with van der Waals surface area (Å²) in [4.78, 5) is 13.8. The minimum atomic E-state index is -0.528. The van der Waals surface area contributed by atoms with E-state index in [0.717, 1.165) is 6.20 Å². The number of hydrogen-bond acceptors (Lipinski definition) is 6. The highest BCUT2D eigenvalue weighted by molar-refractivity contribution is 5.48. The molecule has 0 bridgehead atoms. The van der Waals surface area contributed by atoms with Crippen molar-refractivity contribution in [3.63, 3.8) is 0 Å². The van der Waals surface area contributed by atoms with Crippen LogP contribution >= 0.6 is 0 Å². The van der Waals surface area contributed by atoms with Crippen LogP contribution in [0.4, 0.5) is 11.5 Å². The largest absolute Gasteiger partial charge is 0.394 e. The highest BCUT2D eigenvalue weighted by Crippen LogP contribution is 2.18. The maximum atomic E-state index is 10.5. The van der Waals surface area contributed by atoms with Gasteiger partial charge in [-0.3, -0.25) is 10.1 Å². The third kappa shape index (κ3) is 2.88. The van der Waals surface area contributed by atoms with Crippen LogP contribution in [0.1, 0.15) is 5.56 Å². The second-order valence-electron chi connectivity index (χ2n) is 3.32. The Bertz CT molecular complexity index is 379. The fourth-order valence-corrected chi connectivity index (χ4v) is 1.15. The van der Waals surface area contributed by atoms with Gasteiger partial charge in [-0.15, -0.1) is 0 Å². The molecule has 0 fully saturated rings. The first-order valence-electron chi connectivity index (χ1n) is 4.67. The first-order chi connectivity index (χ1) is 7.58. The van der Waals surface area contributed by atoms with E-state index in [-0.39, 0.29) is 18.9 Å². The van der Waals surface area contributed by atoms with Crippen LogP contribution in [0.2, 0.25) is 0 Å². The predicted octanol–water partition coefficient (Wildman–Crippen LogP) is 0.0633. The zero-order valence-electron chi connectivity index (χ0n) is 8.75. The topological polar surface area (TPSA) is 109 Å². The van der Waals surface area contributed by atoms with Crippen LogP contribution < -0.4 is 5.32 Å². The number of nitro groups is 1. The van der Waals surface area contributed by atoms with Gasteiger partial charge in [-0.1, -0.05) is 0 Å². The molecule has 0 spiro atoms. The summed E-state index contributed by atoms with van der Waals surface area (Å²) in [6.07, 6.45) is 1.13. The number of rotatable bonds is 5. The lowest BCUT2D eigenvalue weighted by Gasteiger charge is -2.15. The van der Waals surface area contributed by atoms with Crippen molar-refractivity contribution in [1.29, 1.82) is 0 Å². The van der Waals surface area contributed by atoms with E-state index in [0.29, 0.717) is 11.4 Å². The second-order valence-corrected chi connectivity index (χ2v) is 3.32. The van der Waals surface area contributed by atoms with Crippen molar-refractivity contribution in [2.24, 2.45) is 0 Å². The molecule has 0 aliphatic heterocycles. The van der Waals surface area contributed by atoms with Gasteiger partial charge in [-0.25, -0.2) is 4.98 Å². The van der Waals surface area contributed by atoms with Gasteiger partial charge in [0.15, 0.2) is 0 Å². The summed E-state index contributed by atoms with van der Waals surface area (Å²) in [5, 5.41) is 31.0. The summed E-state index contributed by atoms with van der Waals surface area (Å²) in [7, 11) is 0. The van der Waals surface area contributed by atoms with Gasteiger partial charge in [0.25, 0.3) is 5.69 Å². The molecule has 3 N–H and O–H groups in total. The maximum absolute atomic E-state index is 10.5. The van der Waals surface area contributed by atoms with Gasteiger partial charge >= 0.3 is 0 Å². The Hall–Kier alpha value is -1.73. The van der Waals surface area contributed by atoms with Crippen LogP contribution in [-0.4, -0.2) is 39.4 Å². The molecule has 7 heteroatoms. The van der Waals surface area contributed by atoms with Crippen molar-refractivity contribution >= 4 is 11.5 Å². The second kappa shape index (κ2) is 5.38. The molecule has 1 aromatic rings. The monoisotopic (exact) mass is 227 g/mol. The average Bonchev–Trinajstić information content (AvgIpc) is 2.27. The van der Waals surface area contributed by atoms with Crippen LogP contribution in [0.15, 0.2) is 12.3 Å². The van der Waals surface area contributed by atoms with E-state index < -0.39 is 11.0 Å². The van der Waals surface area contributed by atoms with Crippen LogP contribution in [0, 0.1) is 17.0 Å². The predicted molar refractivity (Wildman–Crippen MR) is 57.2 cm³/mol. The minimum absolute atomic E-state index is 0.0902. The standard InChI is InChI=1S/C9H13N3O4/c1-6-2-8(12(15)16)3-10-9(6)11-7(4-13)5-14/h2-3,7,13-14H,4-5H2,1H3,(H,10,11). The molecule has 1 aromatic heterocycles.